The van der Waals surface area contributed by atoms with E-state index in [0.29, 0.717) is 12.1 Å². The number of ether oxygens (including phenoxy) is 2. The molecule has 4 fully saturated rings. The predicted octanol–water partition coefficient (Wildman–Crippen LogP) is 2.71. The Balaban J connectivity index is 1.17. The summed E-state index contributed by atoms with van der Waals surface area (Å²) in [5.41, 5.74) is 1.45. The molecule has 1 aliphatic carbocycles. The maximum Gasteiger partial charge on any atom is 0.0887 e. The van der Waals surface area contributed by atoms with Crippen molar-refractivity contribution in [3.8, 4) is 0 Å². The maximum absolute atomic E-state index is 6.40. The van der Waals surface area contributed by atoms with Gasteiger partial charge in [0.15, 0.2) is 0 Å². The molecule has 0 bridgehead atoms. The largest absolute Gasteiger partial charge is 0.381 e. The summed E-state index contributed by atoms with van der Waals surface area (Å²) in [7, 11) is 0. The molecule has 3 saturated heterocycles. The van der Waals surface area contributed by atoms with Crippen LogP contribution >= 0.6 is 0 Å². The molecule has 4 heterocycles. The van der Waals surface area contributed by atoms with Crippen molar-refractivity contribution in [3.63, 3.8) is 0 Å². The average molecular weight is 372 g/mol. The van der Waals surface area contributed by atoms with Crippen LogP contribution in [0.5, 0.6) is 0 Å². The zero-order valence-electron chi connectivity index (χ0n) is 16.4. The molecule has 4 aliphatic rings. The summed E-state index contributed by atoms with van der Waals surface area (Å²) in [6, 6.07) is 6.93. The van der Waals surface area contributed by atoms with Gasteiger partial charge >= 0.3 is 0 Å². The average Bonchev–Trinajstić information content (AvgIpc) is 3.54. The first kappa shape index (κ1) is 18.0. The van der Waals surface area contributed by atoms with E-state index in [0.717, 1.165) is 51.7 Å². The molecule has 1 spiro atoms. The van der Waals surface area contributed by atoms with Crippen molar-refractivity contribution in [2.75, 3.05) is 39.5 Å². The Hall–Kier alpha value is -1.01. The molecule has 148 valence electrons. The molecule has 0 N–H and O–H groups in total. The van der Waals surface area contributed by atoms with Crippen LogP contribution in [0, 0.1) is 5.92 Å². The minimum absolute atomic E-state index is 0.265. The molecule has 5 heteroatoms. The van der Waals surface area contributed by atoms with Crippen molar-refractivity contribution in [3.05, 3.63) is 30.1 Å². The minimum Gasteiger partial charge on any atom is -0.381 e. The highest BCUT2D eigenvalue weighted by molar-refractivity contribution is 5.12. The third-order valence-electron chi connectivity index (χ3n) is 7.23. The van der Waals surface area contributed by atoms with E-state index in [2.05, 4.69) is 26.9 Å². The highest BCUT2D eigenvalue weighted by Crippen LogP contribution is 2.45. The van der Waals surface area contributed by atoms with E-state index in [1.54, 1.807) is 0 Å². The number of pyridine rings is 1. The second-order valence-electron chi connectivity index (χ2n) is 8.96. The fourth-order valence-electron chi connectivity index (χ4n) is 5.30. The van der Waals surface area contributed by atoms with Crippen LogP contribution in [0.1, 0.15) is 44.2 Å². The first-order valence-corrected chi connectivity index (χ1v) is 10.9. The third-order valence-corrected chi connectivity index (χ3v) is 7.23. The van der Waals surface area contributed by atoms with E-state index >= 15 is 0 Å². The molecule has 1 unspecified atom stereocenters. The molecule has 1 aromatic rings. The lowest BCUT2D eigenvalue weighted by Crippen LogP contribution is -2.76. The van der Waals surface area contributed by atoms with Gasteiger partial charge in [-0.25, -0.2) is 0 Å². The molecule has 1 aromatic heterocycles. The Bertz CT molecular complexity index is 607. The Morgan fingerprint density at radius 1 is 1.11 bits per heavy atom. The lowest BCUT2D eigenvalue weighted by molar-refractivity contribution is -0.218. The number of rotatable bonds is 6. The van der Waals surface area contributed by atoms with Gasteiger partial charge in [0.05, 0.1) is 17.3 Å². The third kappa shape index (κ3) is 3.80. The summed E-state index contributed by atoms with van der Waals surface area (Å²) < 4.78 is 12.1. The van der Waals surface area contributed by atoms with Crippen LogP contribution in [-0.4, -0.2) is 71.9 Å². The topological polar surface area (TPSA) is 37.8 Å². The standard InChI is InChI=1S/C22H33N3O2/c1-2-10-23-19(3-1)15-24-11-6-20(7-12-24)25-16-21(27-17-18-4-5-18)22(25)8-13-26-14-9-22/h1-3,10,18,20-21H,4-9,11-17H2. The van der Waals surface area contributed by atoms with Crippen LogP contribution < -0.4 is 0 Å². The fourth-order valence-corrected chi connectivity index (χ4v) is 5.30. The highest BCUT2D eigenvalue weighted by Gasteiger charge is 2.57. The number of piperidine rings is 1. The zero-order chi connectivity index (χ0) is 18.1. The van der Waals surface area contributed by atoms with Crippen molar-refractivity contribution in [1.29, 1.82) is 0 Å². The van der Waals surface area contributed by atoms with Gasteiger partial charge in [-0.05, 0) is 56.6 Å². The molecule has 5 rings (SSSR count). The minimum atomic E-state index is 0.265. The Morgan fingerprint density at radius 3 is 2.63 bits per heavy atom. The lowest BCUT2D eigenvalue weighted by Gasteiger charge is -2.63. The fraction of sp³-hybridized carbons (Fsp3) is 0.773. The van der Waals surface area contributed by atoms with Crippen LogP contribution in [0.3, 0.4) is 0 Å². The maximum atomic E-state index is 6.40. The first-order chi connectivity index (χ1) is 13.3. The number of likely N-dealkylation sites (tertiary alicyclic amines) is 2. The van der Waals surface area contributed by atoms with Crippen LogP contribution in [0.15, 0.2) is 24.4 Å². The van der Waals surface area contributed by atoms with Gasteiger partial charge in [0.1, 0.15) is 0 Å². The summed E-state index contributed by atoms with van der Waals surface area (Å²) in [5, 5.41) is 0. The van der Waals surface area contributed by atoms with Crippen LogP contribution in [0.25, 0.3) is 0 Å². The van der Waals surface area contributed by atoms with Crippen molar-refractivity contribution < 1.29 is 9.47 Å². The number of nitrogens with zero attached hydrogens (tertiary/aromatic N) is 3. The van der Waals surface area contributed by atoms with Gasteiger partial charge < -0.3 is 9.47 Å². The van der Waals surface area contributed by atoms with Gasteiger partial charge in [-0.1, -0.05) is 6.07 Å². The van der Waals surface area contributed by atoms with E-state index in [-0.39, 0.29) is 5.54 Å². The number of hydrogen-bond donors (Lipinski definition) is 0. The lowest BCUT2D eigenvalue weighted by atomic mass is 9.73. The molecule has 3 aliphatic heterocycles. The van der Waals surface area contributed by atoms with Crippen LogP contribution in [0.4, 0.5) is 0 Å². The molecule has 5 nitrogen and oxygen atoms in total. The van der Waals surface area contributed by atoms with Crippen LogP contribution in [-0.2, 0) is 16.0 Å². The molecule has 0 amide bonds. The Labute approximate surface area is 163 Å². The van der Waals surface area contributed by atoms with Gasteiger partial charge in [-0.2, -0.15) is 0 Å². The van der Waals surface area contributed by atoms with Gasteiger partial charge in [-0.3, -0.25) is 14.8 Å². The molecule has 1 saturated carbocycles. The molecular weight excluding hydrogens is 338 g/mol. The number of hydrogen-bond acceptors (Lipinski definition) is 5. The zero-order valence-corrected chi connectivity index (χ0v) is 16.4. The highest BCUT2D eigenvalue weighted by atomic mass is 16.5. The molecule has 0 radical (unpaired) electrons. The number of aromatic nitrogens is 1. The normalized spacial score (nSPS) is 29.7. The summed E-state index contributed by atoms with van der Waals surface area (Å²) in [4.78, 5) is 9.87. The Morgan fingerprint density at radius 2 is 1.93 bits per heavy atom. The quantitative estimate of drug-likeness (QED) is 0.769. The van der Waals surface area contributed by atoms with E-state index in [1.807, 2.05) is 12.3 Å². The van der Waals surface area contributed by atoms with E-state index < -0.39 is 0 Å². The van der Waals surface area contributed by atoms with Gasteiger partial charge in [0.2, 0.25) is 0 Å². The Kier molecular flexibility index (Phi) is 5.20. The van der Waals surface area contributed by atoms with E-state index in [4.69, 9.17) is 9.47 Å². The van der Waals surface area contributed by atoms with Gasteiger partial charge in [0, 0.05) is 58.2 Å². The molecule has 1 atom stereocenters. The summed E-state index contributed by atoms with van der Waals surface area (Å²) >= 11 is 0. The van der Waals surface area contributed by atoms with E-state index in [9.17, 15) is 0 Å². The molecular formula is C22H33N3O2. The van der Waals surface area contributed by atoms with Gasteiger partial charge in [0.25, 0.3) is 0 Å². The summed E-state index contributed by atoms with van der Waals surface area (Å²) in [6.07, 6.45) is 9.93. The predicted molar refractivity (Wildman–Crippen MR) is 104 cm³/mol. The van der Waals surface area contributed by atoms with Crippen molar-refractivity contribution in [1.82, 2.24) is 14.8 Å². The molecule has 0 aromatic carbocycles. The SMILES string of the molecule is c1ccc(CN2CCC(N3CC(OCC4CC4)C34CCOCC4)CC2)nc1. The second-order valence-corrected chi connectivity index (χ2v) is 8.96. The summed E-state index contributed by atoms with van der Waals surface area (Å²) in [6.45, 7) is 7.27. The second kappa shape index (κ2) is 7.78. The van der Waals surface area contributed by atoms with Crippen molar-refractivity contribution >= 4 is 0 Å². The van der Waals surface area contributed by atoms with Crippen molar-refractivity contribution in [2.45, 2.75) is 62.8 Å². The smallest absolute Gasteiger partial charge is 0.0887 e. The van der Waals surface area contributed by atoms with Crippen molar-refractivity contribution in [2.24, 2.45) is 5.92 Å². The monoisotopic (exact) mass is 371 g/mol. The van der Waals surface area contributed by atoms with E-state index in [1.165, 1.54) is 44.5 Å². The van der Waals surface area contributed by atoms with Gasteiger partial charge in [-0.15, -0.1) is 0 Å². The first-order valence-electron chi connectivity index (χ1n) is 10.9. The summed E-state index contributed by atoms with van der Waals surface area (Å²) in [5.74, 6) is 0.853. The molecule has 27 heavy (non-hydrogen) atoms. The van der Waals surface area contributed by atoms with Crippen LogP contribution in [0.2, 0.25) is 0 Å².